The van der Waals surface area contributed by atoms with Crippen LogP contribution >= 0.6 is 22.9 Å². The van der Waals surface area contributed by atoms with Gasteiger partial charge in [-0.25, -0.2) is 9.97 Å². The van der Waals surface area contributed by atoms with Crippen LogP contribution in [-0.2, 0) is 0 Å². The predicted molar refractivity (Wildman–Crippen MR) is 113 cm³/mol. The summed E-state index contributed by atoms with van der Waals surface area (Å²) >= 11 is 7.27. The number of rotatable bonds is 5. The molecule has 0 bridgehead atoms. The lowest BCUT2D eigenvalue weighted by Crippen LogP contribution is -2.21. The lowest BCUT2D eigenvalue weighted by Gasteiger charge is -2.05. The Bertz CT molecular complexity index is 1040. The van der Waals surface area contributed by atoms with Crippen LogP contribution in [0.3, 0.4) is 0 Å². The molecule has 0 saturated carbocycles. The Morgan fingerprint density at radius 2 is 2.00 bits per heavy atom. The van der Waals surface area contributed by atoms with Crippen LogP contribution in [0.5, 0.6) is 0 Å². The zero-order chi connectivity index (χ0) is 19.4. The minimum absolute atomic E-state index is 0.170. The van der Waals surface area contributed by atoms with Crippen molar-refractivity contribution in [2.75, 3.05) is 5.73 Å². The van der Waals surface area contributed by atoms with Gasteiger partial charge in [-0.2, -0.15) is 0 Å². The fraction of sp³-hybridized carbons (Fsp3) is 0.150. The van der Waals surface area contributed by atoms with Gasteiger partial charge in [0.25, 0.3) is 5.91 Å². The van der Waals surface area contributed by atoms with Crippen molar-refractivity contribution in [1.82, 2.24) is 15.3 Å². The molecule has 0 saturated heterocycles. The van der Waals surface area contributed by atoms with E-state index in [1.807, 2.05) is 50.3 Å². The van der Waals surface area contributed by atoms with Gasteiger partial charge in [-0.15, -0.1) is 11.3 Å². The first-order valence-corrected chi connectivity index (χ1v) is 9.62. The Kier molecular flexibility index (Phi) is 5.88. The number of fused-ring (bicyclic) bond motifs is 1. The summed E-state index contributed by atoms with van der Waals surface area (Å²) in [5.41, 5.74) is 8.27. The number of carbonyl (C=O) groups excluding carboxylic acids is 1. The largest absolute Gasteiger partial charge is 0.368 e. The zero-order valence-electron chi connectivity index (χ0n) is 15.0. The second kappa shape index (κ2) is 8.33. The van der Waals surface area contributed by atoms with E-state index in [1.54, 1.807) is 12.1 Å². The Morgan fingerprint density at radius 1 is 1.26 bits per heavy atom. The summed E-state index contributed by atoms with van der Waals surface area (Å²) in [5, 5.41) is 4.37. The molecule has 138 valence electrons. The topological polar surface area (TPSA) is 80.9 Å². The number of nitrogen functional groups attached to an aromatic ring is 1. The number of nitrogens with zero attached hydrogens (tertiary/aromatic N) is 2. The molecule has 2 heterocycles. The van der Waals surface area contributed by atoms with Gasteiger partial charge < -0.3 is 11.1 Å². The van der Waals surface area contributed by atoms with Crippen molar-refractivity contribution in [3.05, 3.63) is 64.2 Å². The number of nitrogens with two attached hydrogens (primary N) is 1. The maximum atomic E-state index is 12.7. The van der Waals surface area contributed by atoms with Crippen LogP contribution in [0.2, 0.25) is 5.02 Å². The van der Waals surface area contributed by atoms with Gasteiger partial charge in [-0.3, -0.25) is 4.79 Å². The van der Waals surface area contributed by atoms with Crippen LogP contribution in [0, 0.1) is 0 Å². The number of thiophene rings is 1. The standard InChI is InChI=1S/C20H19ClN4OS/c1-3-5-6-14(4-2)23-18(26)16-11-15-17(12-7-9-13(21)10-8-12)24-20(22)25-19(15)27-16/h3-5,7-11H,6H2,1-2H3,(H,23,26)(H2,22,24,25)/b5-3-,14-4+. The van der Waals surface area contributed by atoms with E-state index < -0.39 is 0 Å². The van der Waals surface area contributed by atoms with Crippen molar-refractivity contribution >= 4 is 45.0 Å². The SMILES string of the molecule is C/C=C\C/C(=C\C)NC(=O)c1cc2c(-c3ccc(Cl)cc3)nc(N)nc2s1. The summed E-state index contributed by atoms with van der Waals surface area (Å²) in [5.74, 6) is -0.000264. The molecule has 0 radical (unpaired) electrons. The number of hydrogen-bond acceptors (Lipinski definition) is 5. The number of benzene rings is 1. The molecular formula is C20H19ClN4OS. The molecule has 5 nitrogen and oxygen atoms in total. The van der Waals surface area contributed by atoms with E-state index in [9.17, 15) is 4.79 Å². The summed E-state index contributed by atoms with van der Waals surface area (Å²) < 4.78 is 0. The van der Waals surface area contributed by atoms with Crippen LogP contribution < -0.4 is 11.1 Å². The highest BCUT2D eigenvalue weighted by molar-refractivity contribution is 7.20. The van der Waals surface area contributed by atoms with E-state index in [-0.39, 0.29) is 11.9 Å². The zero-order valence-corrected chi connectivity index (χ0v) is 16.6. The first kappa shape index (κ1) is 19.1. The molecule has 2 aromatic heterocycles. The van der Waals surface area contributed by atoms with Gasteiger partial charge in [-0.1, -0.05) is 42.0 Å². The van der Waals surface area contributed by atoms with E-state index in [4.69, 9.17) is 17.3 Å². The monoisotopic (exact) mass is 398 g/mol. The molecule has 3 aromatic rings. The van der Waals surface area contributed by atoms with Gasteiger partial charge >= 0.3 is 0 Å². The van der Waals surface area contributed by atoms with Crippen LogP contribution in [-0.4, -0.2) is 15.9 Å². The van der Waals surface area contributed by atoms with E-state index in [0.29, 0.717) is 26.8 Å². The first-order valence-electron chi connectivity index (χ1n) is 8.42. The van der Waals surface area contributed by atoms with Gasteiger partial charge in [0.05, 0.1) is 10.6 Å². The lowest BCUT2D eigenvalue weighted by atomic mass is 10.1. The van der Waals surface area contributed by atoms with Gasteiger partial charge in [-0.05, 0) is 32.0 Å². The number of carbonyl (C=O) groups is 1. The second-order valence-electron chi connectivity index (χ2n) is 5.81. The molecular weight excluding hydrogens is 380 g/mol. The van der Waals surface area contributed by atoms with Crippen LogP contribution in [0.15, 0.2) is 54.3 Å². The lowest BCUT2D eigenvalue weighted by molar-refractivity contribution is 0.0969. The normalized spacial score (nSPS) is 12.0. The number of hydrogen-bond donors (Lipinski definition) is 2. The number of halogens is 1. The smallest absolute Gasteiger partial charge is 0.265 e. The fourth-order valence-corrected chi connectivity index (χ4v) is 3.63. The van der Waals surface area contributed by atoms with Crippen molar-refractivity contribution in [3.63, 3.8) is 0 Å². The summed E-state index contributed by atoms with van der Waals surface area (Å²) in [6.07, 6.45) is 6.51. The molecule has 0 aliphatic rings. The molecule has 0 spiro atoms. The van der Waals surface area contributed by atoms with Crippen molar-refractivity contribution < 1.29 is 4.79 Å². The molecule has 27 heavy (non-hydrogen) atoms. The van der Waals surface area contributed by atoms with Crippen molar-refractivity contribution in [1.29, 1.82) is 0 Å². The third kappa shape index (κ3) is 4.35. The average Bonchev–Trinajstić information content (AvgIpc) is 3.09. The van der Waals surface area contributed by atoms with Gasteiger partial charge in [0.15, 0.2) is 0 Å². The first-order chi connectivity index (χ1) is 13.0. The molecule has 3 N–H and O–H groups in total. The van der Waals surface area contributed by atoms with Crippen LogP contribution in [0.25, 0.3) is 21.5 Å². The van der Waals surface area contributed by atoms with Crippen molar-refractivity contribution in [3.8, 4) is 11.3 Å². The Morgan fingerprint density at radius 3 is 2.67 bits per heavy atom. The van der Waals surface area contributed by atoms with E-state index in [1.165, 1.54) is 11.3 Å². The average molecular weight is 399 g/mol. The third-order valence-electron chi connectivity index (χ3n) is 3.95. The molecule has 0 fully saturated rings. The molecule has 1 amide bonds. The maximum absolute atomic E-state index is 12.7. The highest BCUT2D eigenvalue weighted by Gasteiger charge is 2.17. The number of amides is 1. The minimum Gasteiger partial charge on any atom is -0.368 e. The second-order valence-corrected chi connectivity index (χ2v) is 7.28. The molecule has 0 aliphatic heterocycles. The highest BCUT2D eigenvalue weighted by Crippen LogP contribution is 2.33. The third-order valence-corrected chi connectivity index (χ3v) is 5.23. The molecule has 0 unspecified atom stereocenters. The molecule has 0 aliphatic carbocycles. The van der Waals surface area contributed by atoms with Gasteiger partial charge in [0, 0.05) is 28.1 Å². The summed E-state index contributed by atoms with van der Waals surface area (Å²) in [4.78, 5) is 22.5. The Hall–Kier alpha value is -2.70. The molecule has 7 heteroatoms. The summed E-state index contributed by atoms with van der Waals surface area (Å²) in [7, 11) is 0. The van der Waals surface area contributed by atoms with E-state index in [2.05, 4.69) is 15.3 Å². The van der Waals surface area contributed by atoms with Crippen molar-refractivity contribution in [2.24, 2.45) is 0 Å². The van der Waals surface area contributed by atoms with Crippen LogP contribution in [0.1, 0.15) is 29.9 Å². The summed E-state index contributed by atoms with van der Waals surface area (Å²) in [6.45, 7) is 3.84. The molecule has 3 rings (SSSR count). The fourth-order valence-electron chi connectivity index (χ4n) is 2.57. The summed E-state index contributed by atoms with van der Waals surface area (Å²) in [6, 6.07) is 9.13. The Balaban J connectivity index is 1.98. The van der Waals surface area contributed by atoms with Crippen LogP contribution in [0.4, 0.5) is 5.95 Å². The molecule has 0 atom stereocenters. The van der Waals surface area contributed by atoms with E-state index >= 15 is 0 Å². The molecule has 1 aromatic carbocycles. The van der Waals surface area contributed by atoms with Gasteiger partial charge in [0.1, 0.15) is 4.83 Å². The number of aromatic nitrogens is 2. The predicted octanol–water partition coefficient (Wildman–Crippen LogP) is 5.19. The van der Waals surface area contributed by atoms with Crippen molar-refractivity contribution in [2.45, 2.75) is 20.3 Å². The van der Waals surface area contributed by atoms with E-state index in [0.717, 1.165) is 16.6 Å². The maximum Gasteiger partial charge on any atom is 0.265 e. The Labute approximate surface area is 166 Å². The quantitative estimate of drug-likeness (QED) is 0.579. The number of nitrogens with one attached hydrogen (secondary N) is 1. The number of allylic oxidation sites excluding steroid dienone is 3. The highest BCUT2D eigenvalue weighted by atomic mass is 35.5. The van der Waals surface area contributed by atoms with Gasteiger partial charge in [0.2, 0.25) is 5.95 Å². The minimum atomic E-state index is -0.170. The number of anilines is 1.